The molecular weight excluding hydrogens is 357 g/mol. The summed E-state index contributed by atoms with van der Waals surface area (Å²) in [6.45, 7) is 3.83. The summed E-state index contributed by atoms with van der Waals surface area (Å²) in [7, 11) is 0. The molecule has 0 unspecified atom stereocenters. The van der Waals surface area contributed by atoms with E-state index in [9.17, 15) is 4.79 Å². The third-order valence-corrected chi connectivity index (χ3v) is 3.68. The van der Waals surface area contributed by atoms with Gasteiger partial charge in [0.25, 0.3) is 5.56 Å². The number of H-pyrrole nitrogens is 1. The Morgan fingerprint density at radius 1 is 1.47 bits per heavy atom. The second-order valence-corrected chi connectivity index (χ2v) is 5.36. The van der Waals surface area contributed by atoms with Gasteiger partial charge in [0.15, 0.2) is 5.65 Å². The molecule has 0 saturated heterocycles. The van der Waals surface area contributed by atoms with Crippen molar-refractivity contribution in [3.8, 4) is 5.69 Å². The highest BCUT2D eigenvalue weighted by atomic mass is 127. The van der Waals surface area contributed by atoms with Gasteiger partial charge in [0.05, 0.1) is 0 Å². The van der Waals surface area contributed by atoms with E-state index in [0.29, 0.717) is 12.1 Å². The fourth-order valence-corrected chi connectivity index (χ4v) is 2.60. The lowest BCUT2D eigenvalue weighted by Gasteiger charge is -2.03. The zero-order valence-corrected chi connectivity index (χ0v) is 12.7. The SMILES string of the molecule is CCc1c(C)nc2c(-n3cnc(I)c3)c[nH]n2c1=O. The Labute approximate surface area is 122 Å². The molecule has 0 amide bonds. The zero-order chi connectivity index (χ0) is 13.6. The van der Waals surface area contributed by atoms with E-state index in [2.05, 4.69) is 37.7 Å². The molecule has 3 heterocycles. The Balaban J connectivity index is 2.33. The van der Waals surface area contributed by atoms with Crippen LogP contribution in [-0.2, 0) is 6.42 Å². The summed E-state index contributed by atoms with van der Waals surface area (Å²) in [4.78, 5) is 21.0. The van der Waals surface area contributed by atoms with Crippen molar-refractivity contribution >= 4 is 28.2 Å². The molecule has 0 aliphatic rings. The number of aromatic amines is 1. The third kappa shape index (κ3) is 1.88. The second kappa shape index (κ2) is 4.48. The van der Waals surface area contributed by atoms with Gasteiger partial charge in [0.2, 0.25) is 0 Å². The van der Waals surface area contributed by atoms with E-state index >= 15 is 0 Å². The average molecular weight is 369 g/mol. The molecule has 0 fully saturated rings. The molecule has 3 aromatic heterocycles. The van der Waals surface area contributed by atoms with Crippen molar-refractivity contribution in [2.45, 2.75) is 20.3 Å². The van der Waals surface area contributed by atoms with Crippen molar-refractivity contribution in [1.29, 1.82) is 0 Å². The Hall–Kier alpha value is -1.64. The van der Waals surface area contributed by atoms with Crippen LogP contribution in [0.5, 0.6) is 0 Å². The van der Waals surface area contributed by atoms with Gasteiger partial charge >= 0.3 is 0 Å². The summed E-state index contributed by atoms with van der Waals surface area (Å²) >= 11 is 2.14. The first-order valence-corrected chi connectivity index (χ1v) is 6.99. The van der Waals surface area contributed by atoms with Gasteiger partial charge in [0, 0.05) is 23.7 Å². The molecule has 0 aliphatic heterocycles. The molecule has 0 spiro atoms. The molecule has 0 radical (unpaired) electrons. The normalized spacial score (nSPS) is 11.3. The van der Waals surface area contributed by atoms with Crippen LogP contribution in [-0.4, -0.2) is 24.1 Å². The quantitative estimate of drug-likeness (QED) is 0.699. The fourth-order valence-electron chi connectivity index (χ4n) is 2.17. The predicted molar refractivity (Wildman–Crippen MR) is 79.8 cm³/mol. The molecule has 3 rings (SSSR count). The van der Waals surface area contributed by atoms with Crippen LogP contribution in [0.3, 0.4) is 0 Å². The smallest absolute Gasteiger partial charge is 0.276 e. The molecule has 19 heavy (non-hydrogen) atoms. The van der Waals surface area contributed by atoms with E-state index in [-0.39, 0.29) is 5.56 Å². The van der Waals surface area contributed by atoms with Crippen molar-refractivity contribution in [2.24, 2.45) is 0 Å². The molecule has 6 nitrogen and oxygen atoms in total. The van der Waals surface area contributed by atoms with Gasteiger partial charge < -0.3 is 4.57 Å². The molecule has 3 aromatic rings. The van der Waals surface area contributed by atoms with Gasteiger partial charge in [0.1, 0.15) is 15.7 Å². The number of nitrogens with zero attached hydrogens (tertiary/aromatic N) is 4. The fraction of sp³-hybridized carbons (Fsp3) is 0.250. The highest BCUT2D eigenvalue weighted by molar-refractivity contribution is 14.1. The molecule has 0 bridgehead atoms. The Kier molecular flexibility index (Phi) is 2.92. The van der Waals surface area contributed by atoms with E-state index in [1.807, 2.05) is 24.6 Å². The molecule has 98 valence electrons. The first-order chi connectivity index (χ1) is 9.11. The molecule has 1 N–H and O–H groups in total. The highest BCUT2D eigenvalue weighted by Gasteiger charge is 2.13. The standard InChI is InChI=1S/C12H12IN5O/c1-3-8-7(2)16-11-9(4-15-18(11)12(8)19)17-5-10(13)14-6-17/h4-6,15H,3H2,1-2H3. The monoisotopic (exact) mass is 369 g/mol. The van der Waals surface area contributed by atoms with Crippen LogP contribution >= 0.6 is 22.6 Å². The van der Waals surface area contributed by atoms with Gasteiger partial charge in [-0.25, -0.2) is 9.97 Å². The zero-order valence-electron chi connectivity index (χ0n) is 10.5. The van der Waals surface area contributed by atoms with Gasteiger partial charge in [-0.05, 0) is 35.9 Å². The highest BCUT2D eigenvalue weighted by Crippen LogP contribution is 2.15. The number of imidazole rings is 1. The minimum atomic E-state index is -0.0361. The lowest BCUT2D eigenvalue weighted by atomic mass is 10.2. The minimum Gasteiger partial charge on any atom is -0.300 e. The first kappa shape index (κ1) is 12.4. The van der Waals surface area contributed by atoms with Gasteiger partial charge in [-0.2, -0.15) is 4.52 Å². The summed E-state index contributed by atoms with van der Waals surface area (Å²) in [5.74, 6) is 0. The average Bonchev–Trinajstić information content (AvgIpc) is 2.96. The van der Waals surface area contributed by atoms with Crippen molar-refractivity contribution in [2.75, 3.05) is 0 Å². The Morgan fingerprint density at radius 2 is 2.26 bits per heavy atom. The maximum absolute atomic E-state index is 12.3. The number of nitrogens with one attached hydrogen (secondary N) is 1. The topological polar surface area (TPSA) is 68.0 Å². The van der Waals surface area contributed by atoms with Crippen LogP contribution in [0.4, 0.5) is 0 Å². The summed E-state index contributed by atoms with van der Waals surface area (Å²) < 4.78 is 4.22. The molecule has 0 saturated carbocycles. The minimum absolute atomic E-state index is 0.0361. The van der Waals surface area contributed by atoms with Crippen LogP contribution in [0.15, 0.2) is 23.5 Å². The van der Waals surface area contributed by atoms with Crippen molar-refractivity contribution in [1.82, 2.24) is 24.1 Å². The van der Waals surface area contributed by atoms with Crippen molar-refractivity contribution in [3.05, 3.63) is 44.0 Å². The Bertz CT molecular complexity index is 813. The summed E-state index contributed by atoms with van der Waals surface area (Å²) in [6, 6.07) is 0. The molecule has 0 atom stereocenters. The number of aromatic nitrogens is 5. The van der Waals surface area contributed by atoms with E-state index in [4.69, 9.17) is 0 Å². The largest absolute Gasteiger partial charge is 0.300 e. The first-order valence-electron chi connectivity index (χ1n) is 5.91. The number of hydrogen-bond acceptors (Lipinski definition) is 3. The lowest BCUT2D eigenvalue weighted by molar-refractivity contribution is 0.853. The molecule has 0 aromatic carbocycles. The maximum Gasteiger partial charge on any atom is 0.276 e. The number of fused-ring (bicyclic) bond motifs is 1. The van der Waals surface area contributed by atoms with E-state index in [1.54, 1.807) is 12.5 Å². The number of aryl methyl sites for hydroxylation is 1. The summed E-state index contributed by atoms with van der Waals surface area (Å²) in [5, 5.41) is 2.96. The van der Waals surface area contributed by atoms with Crippen LogP contribution in [0.2, 0.25) is 0 Å². The molecule has 0 aliphatic carbocycles. The van der Waals surface area contributed by atoms with Gasteiger partial charge in [-0.3, -0.25) is 9.89 Å². The Morgan fingerprint density at radius 3 is 2.89 bits per heavy atom. The number of rotatable bonds is 2. The van der Waals surface area contributed by atoms with E-state index in [0.717, 1.165) is 20.6 Å². The third-order valence-electron chi connectivity index (χ3n) is 3.13. The molecular formula is C12H12IN5O. The van der Waals surface area contributed by atoms with Gasteiger partial charge in [-0.1, -0.05) is 6.92 Å². The van der Waals surface area contributed by atoms with Crippen LogP contribution in [0.1, 0.15) is 18.2 Å². The van der Waals surface area contributed by atoms with Crippen molar-refractivity contribution < 1.29 is 0 Å². The second-order valence-electron chi connectivity index (χ2n) is 4.26. The van der Waals surface area contributed by atoms with Crippen molar-refractivity contribution in [3.63, 3.8) is 0 Å². The summed E-state index contributed by atoms with van der Waals surface area (Å²) in [6.07, 6.45) is 6.04. The number of halogens is 1. The van der Waals surface area contributed by atoms with E-state index < -0.39 is 0 Å². The lowest BCUT2D eigenvalue weighted by Crippen LogP contribution is -2.21. The van der Waals surface area contributed by atoms with Crippen LogP contribution < -0.4 is 5.56 Å². The predicted octanol–water partition coefficient (Wildman–Crippen LogP) is 1.68. The molecule has 7 heteroatoms. The van der Waals surface area contributed by atoms with Crippen LogP contribution in [0, 0.1) is 10.6 Å². The number of hydrogen-bond donors (Lipinski definition) is 1. The van der Waals surface area contributed by atoms with Crippen LogP contribution in [0.25, 0.3) is 11.3 Å². The van der Waals surface area contributed by atoms with E-state index in [1.165, 1.54) is 4.52 Å². The summed E-state index contributed by atoms with van der Waals surface area (Å²) in [5.41, 5.74) is 2.92. The van der Waals surface area contributed by atoms with Gasteiger partial charge in [-0.15, -0.1) is 0 Å². The maximum atomic E-state index is 12.3.